The van der Waals surface area contributed by atoms with Crippen LogP contribution in [0.5, 0.6) is 0 Å². The van der Waals surface area contributed by atoms with Crippen LogP contribution in [0.1, 0.15) is 44.5 Å². The summed E-state index contributed by atoms with van der Waals surface area (Å²) in [5, 5.41) is 2.85. The van der Waals surface area contributed by atoms with Crippen molar-refractivity contribution in [2.24, 2.45) is 0 Å². The normalized spacial score (nSPS) is 13.2. The molecule has 3 aromatic rings. The lowest BCUT2D eigenvalue weighted by Crippen LogP contribution is -2.13. The number of carbonyl (C=O) groups is 2. The summed E-state index contributed by atoms with van der Waals surface area (Å²) in [6.45, 7) is 0. The summed E-state index contributed by atoms with van der Waals surface area (Å²) >= 11 is 1.22. The lowest BCUT2D eigenvalue weighted by Gasteiger charge is -2.07. The Labute approximate surface area is 160 Å². The van der Waals surface area contributed by atoms with Gasteiger partial charge in [-0.15, -0.1) is 0 Å². The number of anilines is 1. The van der Waals surface area contributed by atoms with Gasteiger partial charge in [-0.1, -0.05) is 30.3 Å². The van der Waals surface area contributed by atoms with Crippen molar-refractivity contribution < 1.29 is 14.3 Å². The van der Waals surface area contributed by atoms with E-state index < -0.39 is 5.97 Å². The fourth-order valence-corrected chi connectivity index (χ4v) is 3.78. The molecule has 2 heterocycles. The van der Waals surface area contributed by atoms with Gasteiger partial charge in [-0.05, 0) is 42.4 Å². The maximum absolute atomic E-state index is 12.8. The van der Waals surface area contributed by atoms with Gasteiger partial charge in [-0.3, -0.25) is 4.79 Å². The Morgan fingerprint density at radius 2 is 1.93 bits per heavy atom. The highest BCUT2D eigenvalue weighted by Gasteiger charge is 2.33. The van der Waals surface area contributed by atoms with Gasteiger partial charge in [0.05, 0.1) is 24.7 Å². The van der Waals surface area contributed by atoms with E-state index in [0.717, 1.165) is 29.7 Å². The van der Waals surface area contributed by atoms with Crippen molar-refractivity contribution in [2.45, 2.75) is 18.8 Å². The van der Waals surface area contributed by atoms with Crippen molar-refractivity contribution in [3.8, 4) is 11.3 Å². The number of aromatic nitrogens is 2. The quantitative estimate of drug-likeness (QED) is 0.675. The molecule has 1 saturated carbocycles. The van der Waals surface area contributed by atoms with Gasteiger partial charge in [0.15, 0.2) is 0 Å². The molecule has 1 aliphatic carbocycles. The summed E-state index contributed by atoms with van der Waals surface area (Å²) in [5.41, 5.74) is 3.66. The first-order chi connectivity index (χ1) is 13.2. The van der Waals surface area contributed by atoms with Gasteiger partial charge in [-0.2, -0.15) is 4.37 Å². The fourth-order valence-electron chi connectivity index (χ4n) is 2.90. The molecule has 1 N–H and O–H groups in total. The predicted octanol–water partition coefficient (Wildman–Crippen LogP) is 4.12. The summed E-state index contributed by atoms with van der Waals surface area (Å²) in [6, 6.07) is 13.1. The van der Waals surface area contributed by atoms with Gasteiger partial charge < -0.3 is 10.1 Å². The predicted molar refractivity (Wildman–Crippen MR) is 103 cm³/mol. The molecule has 0 aliphatic heterocycles. The first-order valence-electron chi connectivity index (χ1n) is 8.58. The van der Waals surface area contributed by atoms with Crippen LogP contribution in [0.4, 0.5) is 5.69 Å². The molecule has 27 heavy (non-hydrogen) atoms. The zero-order valence-electron chi connectivity index (χ0n) is 14.6. The number of rotatable bonds is 5. The number of nitrogens with one attached hydrogen (secondary N) is 1. The van der Waals surface area contributed by atoms with Crippen molar-refractivity contribution in [1.82, 2.24) is 9.36 Å². The molecule has 2 aromatic heterocycles. The molecular formula is C20H17N3O3S. The zero-order valence-corrected chi connectivity index (χ0v) is 15.5. The molecule has 6 nitrogen and oxygen atoms in total. The van der Waals surface area contributed by atoms with E-state index in [-0.39, 0.29) is 11.6 Å². The van der Waals surface area contributed by atoms with Gasteiger partial charge in [0.1, 0.15) is 10.6 Å². The lowest BCUT2D eigenvalue weighted by atomic mass is 10.0. The smallest absolute Gasteiger partial charge is 0.356 e. The summed E-state index contributed by atoms with van der Waals surface area (Å²) < 4.78 is 9.19. The van der Waals surface area contributed by atoms with E-state index in [1.165, 1.54) is 30.9 Å². The molecule has 0 radical (unpaired) electrons. The van der Waals surface area contributed by atoms with E-state index in [1.807, 2.05) is 30.3 Å². The van der Waals surface area contributed by atoms with Crippen LogP contribution in [-0.4, -0.2) is 28.3 Å². The Morgan fingerprint density at radius 3 is 2.56 bits per heavy atom. The van der Waals surface area contributed by atoms with E-state index in [9.17, 15) is 9.59 Å². The van der Waals surface area contributed by atoms with Gasteiger partial charge >= 0.3 is 5.97 Å². The molecule has 0 saturated heterocycles. The number of hydrogen-bond donors (Lipinski definition) is 1. The Hall–Kier alpha value is -3.06. The van der Waals surface area contributed by atoms with E-state index in [1.54, 1.807) is 6.07 Å². The Kier molecular flexibility index (Phi) is 4.68. The summed E-state index contributed by atoms with van der Waals surface area (Å²) in [4.78, 5) is 28.9. The Balaban J connectivity index is 1.59. The standard InChI is InChI=1S/C20H17N3O3S/c1-26-20(25)15-10-9-14(11-21-15)22-19(24)18-16(12-7-8-12)17(23-27-18)13-5-3-2-4-6-13/h2-6,9-12H,7-8H2,1H3,(H,22,24). The van der Waals surface area contributed by atoms with Gasteiger partial charge in [0, 0.05) is 11.1 Å². The van der Waals surface area contributed by atoms with Gasteiger partial charge in [0.25, 0.3) is 5.91 Å². The van der Waals surface area contributed by atoms with Crippen molar-refractivity contribution in [3.05, 3.63) is 64.8 Å². The third-order valence-corrected chi connectivity index (χ3v) is 5.24. The number of ether oxygens (including phenoxy) is 1. The topological polar surface area (TPSA) is 81.2 Å². The Bertz CT molecular complexity index is 979. The van der Waals surface area contributed by atoms with Crippen LogP contribution in [0.2, 0.25) is 0 Å². The van der Waals surface area contributed by atoms with E-state index >= 15 is 0 Å². The largest absolute Gasteiger partial charge is 0.464 e. The molecule has 136 valence electrons. The number of amides is 1. The highest BCUT2D eigenvalue weighted by Crippen LogP contribution is 2.47. The van der Waals surface area contributed by atoms with Gasteiger partial charge in [-0.25, -0.2) is 9.78 Å². The SMILES string of the molecule is COC(=O)c1ccc(NC(=O)c2snc(-c3ccccc3)c2C2CC2)cn1. The number of methoxy groups -OCH3 is 1. The van der Waals surface area contributed by atoms with Crippen LogP contribution in [0.25, 0.3) is 11.3 Å². The highest BCUT2D eigenvalue weighted by molar-refractivity contribution is 7.08. The van der Waals surface area contributed by atoms with E-state index in [0.29, 0.717) is 16.5 Å². The monoisotopic (exact) mass is 379 g/mol. The molecule has 0 unspecified atom stereocenters. The van der Waals surface area contributed by atoms with E-state index in [4.69, 9.17) is 0 Å². The maximum atomic E-state index is 12.8. The van der Waals surface area contributed by atoms with Crippen LogP contribution in [0.3, 0.4) is 0 Å². The molecule has 1 amide bonds. The molecule has 1 aliphatic rings. The second-order valence-corrected chi connectivity index (χ2v) is 7.07. The van der Waals surface area contributed by atoms with Crippen LogP contribution in [0, 0.1) is 0 Å². The summed E-state index contributed by atoms with van der Waals surface area (Å²) in [7, 11) is 1.30. The van der Waals surface area contributed by atoms with Crippen molar-refractivity contribution in [2.75, 3.05) is 12.4 Å². The minimum atomic E-state index is -0.515. The number of hydrogen-bond acceptors (Lipinski definition) is 6. The van der Waals surface area contributed by atoms with Gasteiger partial charge in [0.2, 0.25) is 0 Å². The average Bonchev–Trinajstić information content (AvgIpc) is 3.46. The number of benzene rings is 1. The van der Waals surface area contributed by atoms with E-state index in [2.05, 4.69) is 19.4 Å². The Morgan fingerprint density at radius 1 is 1.15 bits per heavy atom. The molecule has 4 rings (SSSR count). The lowest BCUT2D eigenvalue weighted by molar-refractivity contribution is 0.0594. The third-order valence-electron chi connectivity index (χ3n) is 4.38. The molecule has 0 spiro atoms. The van der Waals surface area contributed by atoms with Crippen LogP contribution < -0.4 is 5.32 Å². The molecule has 0 bridgehead atoms. The number of esters is 1. The van der Waals surface area contributed by atoms with Crippen LogP contribution >= 0.6 is 11.5 Å². The molecular weight excluding hydrogens is 362 g/mol. The summed E-state index contributed by atoms with van der Waals surface area (Å²) in [6.07, 6.45) is 3.60. The fraction of sp³-hybridized carbons (Fsp3) is 0.200. The third kappa shape index (κ3) is 3.59. The minimum absolute atomic E-state index is 0.193. The number of nitrogens with zero attached hydrogens (tertiary/aromatic N) is 2. The highest BCUT2D eigenvalue weighted by atomic mass is 32.1. The van der Waals surface area contributed by atoms with Crippen LogP contribution in [-0.2, 0) is 4.74 Å². The zero-order chi connectivity index (χ0) is 18.8. The van der Waals surface area contributed by atoms with Crippen molar-refractivity contribution >= 4 is 29.1 Å². The average molecular weight is 379 g/mol. The molecule has 1 fully saturated rings. The second-order valence-electron chi connectivity index (χ2n) is 6.29. The van der Waals surface area contributed by atoms with Crippen molar-refractivity contribution in [3.63, 3.8) is 0 Å². The van der Waals surface area contributed by atoms with Crippen LogP contribution in [0.15, 0.2) is 48.7 Å². The molecule has 0 atom stereocenters. The first-order valence-corrected chi connectivity index (χ1v) is 9.35. The number of carbonyl (C=O) groups excluding carboxylic acids is 2. The summed E-state index contributed by atoms with van der Waals surface area (Å²) in [5.74, 6) is -0.331. The number of pyridine rings is 1. The maximum Gasteiger partial charge on any atom is 0.356 e. The van der Waals surface area contributed by atoms with Crippen molar-refractivity contribution in [1.29, 1.82) is 0 Å². The molecule has 7 heteroatoms. The second kappa shape index (κ2) is 7.28. The molecule has 1 aromatic carbocycles. The minimum Gasteiger partial charge on any atom is -0.464 e. The first kappa shape index (κ1) is 17.4.